The van der Waals surface area contributed by atoms with Gasteiger partial charge in [0.15, 0.2) is 0 Å². The molecule has 106 valence electrons. The highest BCUT2D eigenvalue weighted by atomic mass is 32.1. The van der Waals surface area contributed by atoms with Crippen molar-refractivity contribution in [3.8, 4) is 5.75 Å². The maximum atomic E-state index is 12.7. The number of halogens is 3. The van der Waals surface area contributed by atoms with Gasteiger partial charge in [0.1, 0.15) is 18.3 Å². The first-order valence-electron chi connectivity index (χ1n) is 5.70. The minimum absolute atomic E-state index is 0.463. The van der Waals surface area contributed by atoms with E-state index in [9.17, 15) is 13.2 Å². The Morgan fingerprint density at radius 3 is 2.26 bits per heavy atom. The third-order valence-electron chi connectivity index (χ3n) is 3.01. The fourth-order valence-corrected chi connectivity index (χ4v) is 1.85. The number of thiocarbonyl (C=S) groups is 1. The highest BCUT2D eigenvalue weighted by molar-refractivity contribution is 7.80. The normalized spacial score (nSPS) is 13.2. The van der Waals surface area contributed by atoms with Gasteiger partial charge in [-0.25, -0.2) is 0 Å². The number of hydrogen-bond acceptors (Lipinski definition) is 2. The molecule has 0 bridgehead atoms. The van der Waals surface area contributed by atoms with Crippen molar-refractivity contribution in [3.63, 3.8) is 0 Å². The van der Waals surface area contributed by atoms with E-state index in [0.29, 0.717) is 5.75 Å². The third-order valence-corrected chi connectivity index (χ3v) is 3.29. The number of aryl methyl sites for hydroxylation is 2. The van der Waals surface area contributed by atoms with Gasteiger partial charge in [-0.1, -0.05) is 24.4 Å². The standard InChI is InChI=1S/C13H16F3NOS/c1-7-4-5-8(2)11(9(7)3)18-6-10(12(17)19)13(14,15)16/h4-5,10H,6H2,1-3H3,(H2,17,19). The molecule has 2 N–H and O–H groups in total. The molecule has 0 spiro atoms. The zero-order chi connectivity index (χ0) is 14.8. The van der Waals surface area contributed by atoms with Crippen LogP contribution in [0.3, 0.4) is 0 Å². The lowest BCUT2D eigenvalue weighted by molar-refractivity contribution is -0.161. The molecule has 0 saturated heterocycles. The monoisotopic (exact) mass is 291 g/mol. The van der Waals surface area contributed by atoms with Gasteiger partial charge in [0.25, 0.3) is 0 Å². The summed E-state index contributed by atoms with van der Waals surface area (Å²) in [7, 11) is 0. The van der Waals surface area contributed by atoms with E-state index in [4.69, 9.17) is 10.5 Å². The van der Waals surface area contributed by atoms with Gasteiger partial charge in [-0.15, -0.1) is 0 Å². The molecule has 1 atom stereocenters. The molecular formula is C13H16F3NOS. The van der Waals surface area contributed by atoms with Gasteiger partial charge in [0, 0.05) is 0 Å². The summed E-state index contributed by atoms with van der Waals surface area (Å²) in [5.74, 6) is -1.47. The SMILES string of the molecule is Cc1ccc(C)c(OCC(C(N)=S)C(F)(F)F)c1C. The van der Waals surface area contributed by atoms with Crippen LogP contribution in [0.1, 0.15) is 16.7 Å². The summed E-state index contributed by atoms with van der Waals surface area (Å²) in [6, 6.07) is 3.70. The van der Waals surface area contributed by atoms with Gasteiger partial charge >= 0.3 is 6.18 Å². The molecule has 0 saturated carbocycles. The van der Waals surface area contributed by atoms with Crippen molar-refractivity contribution < 1.29 is 17.9 Å². The van der Waals surface area contributed by atoms with Gasteiger partial charge in [-0.2, -0.15) is 13.2 Å². The van der Waals surface area contributed by atoms with E-state index >= 15 is 0 Å². The lowest BCUT2D eigenvalue weighted by Crippen LogP contribution is -2.38. The van der Waals surface area contributed by atoms with Gasteiger partial charge in [0.05, 0.1) is 4.99 Å². The van der Waals surface area contributed by atoms with Crippen LogP contribution in [0.25, 0.3) is 0 Å². The molecule has 19 heavy (non-hydrogen) atoms. The molecule has 0 aliphatic carbocycles. The lowest BCUT2D eigenvalue weighted by Gasteiger charge is -2.21. The summed E-state index contributed by atoms with van der Waals surface area (Å²) in [6.45, 7) is 4.87. The van der Waals surface area contributed by atoms with Crippen LogP contribution >= 0.6 is 12.2 Å². The number of hydrogen-bond donors (Lipinski definition) is 1. The van der Waals surface area contributed by atoms with E-state index in [-0.39, 0.29) is 0 Å². The zero-order valence-corrected chi connectivity index (χ0v) is 11.8. The Morgan fingerprint density at radius 2 is 1.79 bits per heavy atom. The van der Waals surface area contributed by atoms with Crippen molar-refractivity contribution in [2.24, 2.45) is 11.7 Å². The van der Waals surface area contributed by atoms with Crippen molar-refractivity contribution in [1.29, 1.82) is 0 Å². The second kappa shape index (κ2) is 5.77. The molecule has 6 heteroatoms. The molecule has 0 radical (unpaired) electrons. The molecule has 0 fully saturated rings. The second-order valence-electron chi connectivity index (χ2n) is 4.46. The topological polar surface area (TPSA) is 35.2 Å². The van der Waals surface area contributed by atoms with Crippen LogP contribution in [-0.4, -0.2) is 17.8 Å². The predicted molar refractivity (Wildman–Crippen MR) is 72.5 cm³/mol. The first-order chi connectivity index (χ1) is 8.64. The maximum absolute atomic E-state index is 12.7. The van der Waals surface area contributed by atoms with Crippen LogP contribution in [0.15, 0.2) is 12.1 Å². The third kappa shape index (κ3) is 3.83. The van der Waals surface area contributed by atoms with E-state index in [1.54, 1.807) is 19.9 Å². The van der Waals surface area contributed by atoms with Gasteiger partial charge in [0.2, 0.25) is 0 Å². The Morgan fingerprint density at radius 1 is 1.26 bits per heavy atom. The quantitative estimate of drug-likeness (QED) is 0.863. The van der Waals surface area contributed by atoms with Crippen molar-refractivity contribution in [2.75, 3.05) is 6.61 Å². The zero-order valence-electron chi connectivity index (χ0n) is 11.0. The molecule has 1 aromatic carbocycles. The van der Waals surface area contributed by atoms with E-state index in [1.807, 2.05) is 13.0 Å². The first kappa shape index (κ1) is 15.8. The van der Waals surface area contributed by atoms with Crippen LogP contribution in [-0.2, 0) is 0 Å². The number of nitrogens with two attached hydrogens (primary N) is 1. The summed E-state index contributed by atoms with van der Waals surface area (Å²) in [6.07, 6.45) is -4.49. The lowest BCUT2D eigenvalue weighted by atomic mass is 10.1. The highest BCUT2D eigenvalue weighted by Gasteiger charge is 2.42. The smallest absolute Gasteiger partial charge is 0.401 e. The molecule has 1 aromatic rings. The van der Waals surface area contributed by atoms with Crippen molar-refractivity contribution in [2.45, 2.75) is 26.9 Å². The summed E-state index contributed by atoms with van der Waals surface area (Å²) in [5.41, 5.74) is 7.69. The first-order valence-corrected chi connectivity index (χ1v) is 6.11. The second-order valence-corrected chi connectivity index (χ2v) is 4.93. The Balaban J connectivity index is 2.93. The number of benzene rings is 1. The largest absolute Gasteiger partial charge is 0.492 e. The van der Waals surface area contributed by atoms with E-state index < -0.39 is 23.7 Å². The highest BCUT2D eigenvalue weighted by Crippen LogP contribution is 2.30. The van der Waals surface area contributed by atoms with Crippen LogP contribution in [0.4, 0.5) is 13.2 Å². The Kier molecular flexibility index (Phi) is 4.79. The van der Waals surface area contributed by atoms with E-state index in [0.717, 1.165) is 16.7 Å². The Labute approximate surface area is 115 Å². The van der Waals surface area contributed by atoms with Crippen LogP contribution in [0.5, 0.6) is 5.75 Å². The van der Waals surface area contributed by atoms with Crippen LogP contribution in [0.2, 0.25) is 0 Å². The van der Waals surface area contributed by atoms with Gasteiger partial charge in [-0.3, -0.25) is 0 Å². The molecule has 0 aromatic heterocycles. The van der Waals surface area contributed by atoms with Gasteiger partial charge in [-0.05, 0) is 37.5 Å². The molecule has 1 rings (SSSR count). The summed E-state index contributed by atoms with van der Waals surface area (Å²) >= 11 is 4.45. The summed E-state index contributed by atoms with van der Waals surface area (Å²) < 4.78 is 43.4. The summed E-state index contributed by atoms with van der Waals surface area (Å²) in [4.78, 5) is -0.601. The number of rotatable bonds is 4. The molecule has 0 amide bonds. The molecular weight excluding hydrogens is 275 g/mol. The predicted octanol–water partition coefficient (Wildman–Crippen LogP) is 3.46. The van der Waals surface area contributed by atoms with E-state index in [1.165, 1.54) is 0 Å². The van der Waals surface area contributed by atoms with E-state index in [2.05, 4.69) is 12.2 Å². The average Bonchev–Trinajstić information content (AvgIpc) is 2.26. The molecule has 0 heterocycles. The Bertz CT molecular complexity index is 486. The number of alkyl halides is 3. The molecule has 0 aliphatic rings. The molecule has 0 aliphatic heterocycles. The fraction of sp³-hybridized carbons (Fsp3) is 0.462. The molecule has 1 unspecified atom stereocenters. The summed E-state index contributed by atoms with van der Waals surface area (Å²) in [5, 5.41) is 0. The van der Waals surface area contributed by atoms with Gasteiger partial charge < -0.3 is 10.5 Å². The minimum Gasteiger partial charge on any atom is -0.492 e. The fourth-order valence-electron chi connectivity index (χ4n) is 1.65. The van der Waals surface area contributed by atoms with Crippen LogP contribution < -0.4 is 10.5 Å². The average molecular weight is 291 g/mol. The number of ether oxygens (including phenoxy) is 1. The van der Waals surface area contributed by atoms with Crippen LogP contribution in [0, 0.1) is 26.7 Å². The minimum atomic E-state index is -4.49. The molecule has 2 nitrogen and oxygen atoms in total. The van der Waals surface area contributed by atoms with Crippen molar-refractivity contribution >= 4 is 17.2 Å². The van der Waals surface area contributed by atoms with Crippen molar-refractivity contribution in [3.05, 3.63) is 28.8 Å². The van der Waals surface area contributed by atoms with Crippen molar-refractivity contribution in [1.82, 2.24) is 0 Å². The Hall–Kier alpha value is -1.30. The maximum Gasteiger partial charge on any atom is 0.401 e.